The lowest BCUT2D eigenvalue weighted by molar-refractivity contribution is 0.263. The van der Waals surface area contributed by atoms with Crippen molar-refractivity contribution in [3.05, 3.63) is 22.5 Å². The maximum atomic E-state index is 13.5. The highest BCUT2D eigenvalue weighted by Gasteiger charge is 2.17. The number of rotatable bonds is 3. The lowest BCUT2D eigenvalue weighted by Gasteiger charge is -2.12. The van der Waals surface area contributed by atoms with E-state index in [4.69, 9.17) is 26.2 Å². The highest BCUT2D eigenvalue weighted by Crippen LogP contribution is 2.36. The van der Waals surface area contributed by atoms with Crippen molar-refractivity contribution in [1.82, 2.24) is 0 Å². The number of aliphatic hydroxyl groups excluding tert-OH is 1. The molecule has 0 aliphatic rings. The molecule has 0 saturated heterocycles. The molecule has 5 heteroatoms. The third-order valence-electron chi connectivity index (χ3n) is 1.81. The summed E-state index contributed by atoms with van der Waals surface area (Å²) in [6, 6.07) is 1.30. The predicted octanol–water partition coefficient (Wildman–Crippen LogP) is 1.99. The summed E-state index contributed by atoms with van der Waals surface area (Å²) in [5.74, 6) is -0.538. The first-order valence-corrected chi connectivity index (χ1v) is 4.23. The molecule has 0 unspecified atom stereocenters. The second-order valence-electron chi connectivity index (χ2n) is 2.54. The molecule has 0 saturated carbocycles. The average molecular weight is 221 g/mol. The molecule has 1 N–H and O–H groups in total. The maximum Gasteiger partial charge on any atom is 0.174 e. The van der Waals surface area contributed by atoms with Crippen molar-refractivity contribution in [3.8, 4) is 11.5 Å². The van der Waals surface area contributed by atoms with Gasteiger partial charge in [0.15, 0.2) is 11.6 Å². The van der Waals surface area contributed by atoms with E-state index in [1.54, 1.807) is 0 Å². The van der Waals surface area contributed by atoms with Gasteiger partial charge >= 0.3 is 0 Å². The lowest BCUT2D eigenvalue weighted by Crippen LogP contribution is -2.00. The topological polar surface area (TPSA) is 38.7 Å². The normalized spacial score (nSPS) is 10.1. The van der Waals surface area contributed by atoms with E-state index in [9.17, 15) is 4.39 Å². The minimum absolute atomic E-state index is 0.00292. The zero-order valence-corrected chi connectivity index (χ0v) is 8.56. The Morgan fingerprint density at radius 3 is 2.50 bits per heavy atom. The smallest absolute Gasteiger partial charge is 0.174 e. The fourth-order valence-electron chi connectivity index (χ4n) is 1.15. The first-order valence-electron chi connectivity index (χ1n) is 3.85. The predicted molar refractivity (Wildman–Crippen MR) is 50.4 cm³/mol. The molecular weight excluding hydrogens is 211 g/mol. The molecule has 3 nitrogen and oxygen atoms in total. The van der Waals surface area contributed by atoms with Crippen LogP contribution in [0, 0.1) is 5.82 Å². The Hall–Kier alpha value is -1.00. The number of benzene rings is 1. The number of hydrogen-bond acceptors (Lipinski definition) is 3. The van der Waals surface area contributed by atoms with Gasteiger partial charge in [-0.15, -0.1) is 0 Å². The van der Waals surface area contributed by atoms with Crippen LogP contribution >= 0.6 is 11.6 Å². The van der Waals surface area contributed by atoms with Gasteiger partial charge in [-0.2, -0.15) is 0 Å². The fraction of sp³-hybridized carbons (Fsp3) is 0.333. The first kappa shape index (κ1) is 11.1. The summed E-state index contributed by atoms with van der Waals surface area (Å²) in [4.78, 5) is 0. The number of methoxy groups -OCH3 is 2. The highest BCUT2D eigenvalue weighted by molar-refractivity contribution is 6.32. The second kappa shape index (κ2) is 4.48. The molecule has 0 amide bonds. The Bertz CT molecular complexity index is 341. The quantitative estimate of drug-likeness (QED) is 0.847. The zero-order chi connectivity index (χ0) is 10.7. The molecule has 0 spiro atoms. The molecule has 0 fully saturated rings. The van der Waals surface area contributed by atoms with Crippen LogP contribution in [0.15, 0.2) is 6.07 Å². The van der Waals surface area contributed by atoms with Crippen molar-refractivity contribution in [3.63, 3.8) is 0 Å². The van der Waals surface area contributed by atoms with Crippen LogP contribution in [0.4, 0.5) is 4.39 Å². The van der Waals surface area contributed by atoms with Gasteiger partial charge in [0.25, 0.3) is 0 Å². The highest BCUT2D eigenvalue weighted by atomic mass is 35.5. The van der Waals surface area contributed by atoms with Gasteiger partial charge in [0, 0.05) is 6.07 Å². The summed E-state index contributed by atoms with van der Waals surface area (Å²) >= 11 is 5.78. The average Bonchev–Trinajstić information content (AvgIpc) is 2.20. The maximum absolute atomic E-state index is 13.5. The van der Waals surface area contributed by atoms with Gasteiger partial charge in [0.05, 0.1) is 31.4 Å². The van der Waals surface area contributed by atoms with Crippen molar-refractivity contribution in [2.45, 2.75) is 6.61 Å². The lowest BCUT2D eigenvalue weighted by atomic mass is 10.2. The van der Waals surface area contributed by atoms with Crippen molar-refractivity contribution >= 4 is 11.6 Å². The molecule has 0 heterocycles. The third-order valence-corrected chi connectivity index (χ3v) is 2.09. The van der Waals surface area contributed by atoms with Crippen LogP contribution in [0.25, 0.3) is 0 Å². The molecular formula is C9H10ClFO3. The molecule has 1 aromatic rings. The van der Waals surface area contributed by atoms with Gasteiger partial charge in [-0.3, -0.25) is 0 Å². The summed E-state index contributed by atoms with van der Waals surface area (Å²) in [5, 5.41) is 9.14. The minimum Gasteiger partial charge on any atom is -0.495 e. The van der Waals surface area contributed by atoms with Crippen LogP contribution in [0.2, 0.25) is 5.02 Å². The molecule has 14 heavy (non-hydrogen) atoms. The molecule has 0 aliphatic carbocycles. The van der Waals surface area contributed by atoms with Gasteiger partial charge < -0.3 is 14.6 Å². The summed E-state index contributed by atoms with van der Waals surface area (Å²) in [6.45, 7) is -0.494. The third kappa shape index (κ3) is 1.76. The Morgan fingerprint density at radius 1 is 1.43 bits per heavy atom. The Labute approximate surface area is 86.0 Å². The minimum atomic E-state index is -0.656. The number of hydrogen-bond donors (Lipinski definition) is 1. The van der Waals surface area contributed by atoms with Crippen LogP contribution in [-0.4, -0.2) is 19.3 Å². The van der Waals surface area contributed by atoms with Crippen molar-refractivity contribution in [2.75, 3.05) is 14.2 Å². The van der Waals surface area contributed by atoms with E-state index in [0.29, 0.717) is 0 Å². The fourth-order valence-corrected chi connectivity index (χ4v) is 1.44. The molecule has 0 atom stereocenters. The molecule has 0 aliphatic heterocycles. The Kier molecular flexibility index (Phi) is 3.55. The molecule has 0 bridgehead atoms. The summed E-state index contributed by atoms with van der Waals surface area (Å²) in [6.07, 6.45) is 0. The van der Waals surface area contributed by atoms with Crippen LogP contribution in [0.1, 0.15) is 5.56 Å². The molecule has 78 valence electrons. The molecule has 1 rings (SSSR count). The summed E-state index contributed by atoms with van der Waals surface area (Å²) in [7, 11) is 2.68. The number of ether oxygens (including phenoxy) is 2. The molecule has 1 aromatic carbocycles. The van der Waals surface area contributed by atoms with E-state index in [1.807, 2.05) is 0 Å². The van der Waals surface area contributed by atoms with Gasteiger partial charge in [0.1, 0.15) is 5.75 Å². The monoisotopic (exact) mass is 220 g/mol. The van der Waals surface area contributed by atoms with Crippen LogP contribution in [0.5, 0.6) is 11.5 Å². The molecule has 0 aromatic heterocycles. The van der Waals surface area contributed by atoms with Gasteiger partial charge in [-0.1, -0.05) is 11.6 Å². The molecule has 0 radical (unpaired) electrons. The number of halogens is 2. The van der Waals surface area contributed by atoms with Gasteiger partial charge in [-0.25, -0.2) is 4.39 Å². The van der Waals surface area contributed by atoms with E-state index in [-0.39, 0.29) is 22.1 Å². The second-order valence-corrected chi connectivity index (χ2v) is 2.95. The van der Waals surface area contributed by atoms with E-state index in [2.05, 4.69) is 0 Å². The van der Waals surface area contributed by atoms with Gasteiger partial charge in [0.2, 0.25) is 0 Å². The first-order chi connectivity index (χ1) is 6.65. The Balaban J connectivity index is 3.40. The SMILES string of the molecule is COc1cc(Cl)c(OC)c(CO)c1F. The van der Waals surface area contributed by atoms with E-state index in [1.165, 1.54) is 20.3 Å². The summed E-state index contributed by atoms with van der Waals surface area (Å²) < 4.78 is 23.1. The van der Waals surface area contributed by atoms with E-state index < -0.39 is 12.4 Å². The number of aliphatic hydroxyl groups is 1. The van der Waals surface area contributed by atoms with E-state index in [0.717, 1.165) is 0 Å². The standard InChI is InChI=1S/C9H10ClFO3/c1-13-7-3-6(10)9(14-2)5(4-12)8(7)11/h3,12H,4H2,1-2H3. The zero-order valence-electron chi connectivity index (χ0n) is 7.80. The Morgan fingerprint density at radius 2 is 2.07 bits per heavy atom. The van der Waals surface area contributed by atoms with Crippen LogP contribution < -0.4 is 9.47 Å². The van der Waals surface area contributed by atoms with Crippen molar-refractivity contribution in [1.29, 1.82) is 0 Å². The van der Waals surface area contributed by atoms with E-state index >= 15 is 0 Å². The van der Waals surface area contributed by atoms with Crippen molar-refractivity contribution in [2.24, 2.45) is 0 Å². The largest absolute Gasteiger partial charge is 0.495 e. The summed E-state index contributed by atoms with van der Waals surface area (Å²) in [5.41, 5.74) is -0.00292. The van der Waals surface area contributed by atoms with Crippen molar-refractivity contribution < 1.29 is 19.0 Å². The van der Waals surface area contributed by atoms with Crippen LogP contribution in [0.3, 0.4) is 0 Å². The van der Waals surface area contributed by atoms with Crippen LogP contribution in [-0.2, 0) is 6.61 Å². The van der Waals surface area contributed by atoms with Gasteiger partial charge in [-0.05, 0) is 0 Å².